The molecule has 8 heteroatoms. The maximum atomic E-state index is 12.6. The first-order chi connectivity index (χ1) is 9.88. The zero-order valence-electron chi connectivity index (χ0n) is 10.7. The summed E-state index contributed by atoms with van der Waals surface area (Å²) >= 11 is 0. The van der Waals surface area contributed by atoms with Crippen molar-refractivity contribution in [3.8, 4) is 0 Å². The number of nitrogens with two attached hydrogens (primary N) is 1. The number of anilines is 1. The molecule has 2 aromatic heterocycles. The normalized spacial score (nSPS) is 11.2. The van der Waals surface area contributed by atoms with Gasteiger partial charge < -0.3 is 11.1 Å². The van der Waals surface area contributed by atoms with Crippen molar-refractivity contribution in [3.63, 3.8) is 0 Å². The second kappa shape index (κ2) is 5.78. The summed E-state index contributed by atoms with van der Waals surface area (Å²) < 4.78 is 37.9. The van der Waals surface area contributed by atoms with Crippen LogP contribution >= 0.6 is 0 Å². The van der Waals surface area contributed by atoms with Gasteiger partial charge in [-0.2, -0.15) is 13.2 Å². The van der Waals surface area contributed by atoms with Gasteiger partial charge in [0.2, 0.25) is 0 Å². The van der Waals surface area contributed by atoms with Crippen molar-refractivity contribution in [2.75, 3.05) is 5.32 Å². The fourth-order valence-corrected chi connectivity index (χ4v) is 1.64. The summed E-state index contributed by atoms with van der Waals surface area (Å²) in [7, 11) is 0. The first-order valence-corrected chi connectivity index (χ1v) is 5.89. The molecular formula is C13H11F3N4O. The zero-order chi connectivity index (χ0) is 15.5. The van der Waals surface area contributed by atoms with Crippen molar-refractivity contribution < 1.29 is 18.0 Å². The van der Waals surface area contributed by atoms with Gasteiger partial charge in [-0.1, -0.05) is 0 Å². The summed E-state index contributed by atoms with van der Waals surface area (Å²) in [6.45, 7) is 0.192. The second-order valence-corrected chi connectivity index (χ2v) is 4.16. The Morgan fingerprint density at radius 1 is 1.19 bits per heavy atom. The van der Waals surface area contributed by atoms with Crippen LogP contribution in [0.2, 0.25) is 0 Å². The molecule has 0 spiro atoms. The third kappa shape index (κ3) is 3.68. The van der Waals surface area contributed by atoms with Crippen molar-refractivity contribution in [2.45, 2.75) is 12.7 Å². The molecule has 0 atom stereocenters. The molecule has 1 amide bonds. The standard InChI is InChI=1S/C13H11F3N4O/c14-13(15,16)10-2-1-9(11(17)21)12(20-10)19-7-8-3-5-18-6-4-8/h1-6H,7H2,(H2,17,21)(H,19,20). The zero-order valence-corrected chi connectivity index (χ0v) is 10.7. The SMILES string of the molecule is NC(=O)c1ccc(C(F)(F)F)nc1NCc1ccncc1. The van der Waals surface area contributed by atoms with E-state index in [1.54, 1.807) is 24.5 Å². The maximum absolute atomic E-state index is 12.6. The maximum Gasteiger partial charge on any atom is 0.433 e. The predicted octanol–water partition coefficient (Wildman–Crippen LogP) is 2.21. The first kappa shape index (κ1) is 14.8. The van der Waals surface area contributed by atoms with Crippen LogP contribution in [0.25, 0.3) is 0 Å². The number of carbonyl (C=O) groups is 1. The fraction of sp³-hybridized carbons (Fsp3) is 0.154. The number of hydrogen-bond donors (Lipinski definition) is 2. The number of pyridine rings is 2. The van der Waals surface area contributed by atoms with Gasteiger partial charge in [0, 0.05) is 18.9 Å². The molecule has 2 aromatic rings. The number of halogens is 3. The van der Waals surface area contributed by atoms with E-state index in [1.165, 1.54) is 0 Å². The summed E-state index contributed by atoms with van der Waals surface area (Å²) in [6.07, 6.45) is -1.50. The Kier molecular flexibility index (Phi) is 4.06. The van der Waals surface area contributed by atoms with E-state index in [1.807, 2.05) is 0 Å². The summed E-state index contributed by atoms with van der Waals surface area (Å²) in [6, 6.07) is 5.10. The molecule has 0 bridgehead atoms. The quantitative estimate of drug-likeness (QED) is 0.906. The Morgan fingerprint density at radius 2 is 1.86 bits per heavy atom. The van der Waals surface area contributed by atoms with E-state index >= 15 is 0 Å². The fourth-order valence-electron chi connectivity index (χ4n) is 1.64. The van der Waals surface area contributed by atoms with Crippen molar-refractivity contribution in [2.24, 2.45) is 5.73 Å². The van der Waals surface area contributed by atoms with Gasteiger partial charge in [0.1, 0.15) is 11.5 Å². The molecule has 0 unspecified atom stereocenters. The van der Waals surface area contributed by atoms with Gasteiger partial charge in [0.25, 0.3) is 5.91 Å². The van der Waals surface area contributed by atoms with E-state index in [0.29, 0.717) is 0 Å². The lowest BCUT2D eigenvalue weighted by atomic mass is 10.2. The number of amides is 1. The molecule has 0 aliphatic carbocycles. The highest BCUT2D eigenvalue weighted by atomic mass is 19.4. The summed E-state index contributed by atoms with van der Waals surface area (Å²) in [5.41, 5.74) is 4.72. The predicted molar refractivity (Wildman–Crippen MR) is 69.3 cm³/mol. The summed E-state index contributed by atoms with van der Waals surface area (Å²) in [4.78, 5) is 18.5. The molecule has 2 heterocycles. The van der Waals surface area contributed by atoms with Crippen molar-refractivity contribution in [1.82, 2.24) is 9.97 Å². The van der Waals surface area contributed by atoms with Crippen LogP contribution in [0.3, 0.4) is 0 Å². The van der Waals surface area contributed by atoms with Gasteiger partial charge in [-0.25, -0.2) is 4.98 Å². The molecule has 2 rings (SSSR count). The van der Waals surface area contributed by atoms with E-state index in [9.17, 15) is 18.0 Å². The smallest absolute Gasteiger partial charge is 0.365 e. The number of aromatic nitrogens is 2. The minimum Gasteiger partial charge on any atom is -0.365 e. The van der Waals surface area contributed by atoms with E-state index in [4.69, 9.17) is 5.73 Å². The lowest BCUT2D eigenvalue weighted by Crippen LogP contribution is -2.18. The highest BCUT2D eigenvalue weighted by Gasteiger charge is 2.33. The van der Waals surface area contributed by atoms with Gasteiger partial charge in [-0.05, 0) is 29.8 Å². The Balaban J connectivity index is 2.29. The molecule has 0 radical (unpaired) electrons. The topological polar surface area (TPSA) is 80.9 Å². The van der Waals surface area contributed by atoms with Gasteiger partial charge in [-0.3, -0.25) is 9.78 Å². The summed E-state index contributed by atoms with van der Waals surface area (Å²) in [5, 5.41) is 2.68. The van der Waals surface area contributed by atoms with E-state index in [2.05, 4.69) is 15.3 Å². The monoisotopic (exact) mass is 296 g/mol. The molecule has 21 heavy (non-hydrogen) atoms. The molecule has 0 aromatic carbocycles. The van der Waals surface area contributed by atoms with E-state index < -0.39 is 17.8 Å². The van der Waals surface area contributed by atoms with Crippen molar-refractivity contribution in [3.05, 3.63) is 53.5 Å². The highest BCUT2D eigenvalue weighted by molar-refractivity contribution is 5.97. The van der Waals surface area contributed by atoms with Crippen LogP contribution in [0.5, 0.6) is 0 Å². The molecule has 110 valence electrons. The van der Waals surface area contributed by atoms with Gasteiger partial charge in [-0.15, -0.1) is 0 Å². The van der Waals surface area contributed by atoms with Crippen molar-refractivity contribution >= 4 is 11.7 Å². The molecule has 0 saturated carbocycles. The third-order valence-corrected chi connectivity index (χ3v) is 2.66. The molecule has 3 N–H and O–H groups in total. The van der Waals surface area contributed by atoms with Crippen LogP contribution in [-0.2, 0) is 12.7 Å². The van der Waals surface area contributed by atoms with Crippen LogP contribution in [-0.4, -0.2) is 15.9 Å². The van der Waals surface area contributed by atoms with Crippen LogP contribution < -0.4 is 11.1 Å². The third-order valence-electron chi connectivity index (χ3n) is 2.66. The number of primary amides is 1. The molecule has 5 nitrogen and oxygen atoms in total. The molecule has 0 aliphatic heterocycles. The number of nitrogens with zero attached hydrogens (tertiary/aromatic N) is 2. The number of nitrogens with one attached hydrogen (secondary N) is 1. The van der Waals surface area contributed by atoms with E-state index in [-0.39, 0.29) is 17.9 Å². The van der Waals surface area contributed by atoms with Crippen molar-refractivity contribution in [1.29, 1.82) is 0 Å². The lowest BCUT2D eigenvalue weighted by Gasteiger charge is -2.12. The average Bonchev–Trinajstić information content (AvgIpc) is 2.45. The molecule has 0 saturated heterocycles. The molecule has 0 fully saturated rings. The van der Waals surface area contributed by atoms with E-state index in [0.717, 1.165) is 17.7 Å². The Labute approximate surface area is 118 Å². The Bertz CT molecular complexity index is 644. The van der Waals surface area contributed by atoms with Crippen LogP contribution in [0, 0.1) is 0 Å². The first-order valence-electron chi connectivity index (χ1n) is 5.89. The van der Waals surface area contributed by atoms with Gasteiger partial charge in [0.15, 0.2) is 0 Å². The molecule has 0 aliphatic rings. The van der Waals surface area contributed by atoms with Crippen LogP contribution in [0.15, 0.2) is 36.7 Å². The average molecular weight is 296 g/mol. The Hall–Kier alpha value is -2.64. The lowest BCUT2D eigenvalue weighted by molar-refractivity contribution is -0.141. The number of hydrogen-bond acceptors (Lipinski definition) is 4. The minimum atomic E-state index is -4.59. The summed E-state index contributed by atoms with van der Waals surface area (Å²) in [5.74, 6) is -1.05. The Morgan fingerprint density at radius 3 is 2.43 bits per heavy atom. The number of carbonyl (C=O) groups excluding carboxylic acids is 1. The van der Waals surface area contributed by atoms with Crippen LogP contribution in [0.1, 0.15) is 21.6 Å². The second-order valence-electron chi connectivity index (χ2n) is 4.16. The van der Waals surface area contributed by atoms with Gasteiger partial charge >= 0.3 is 6.18 Å². The van der Waals surface area contributed by atoms with Crippen LogP contribution in [0.4, 0.5) is 19.0 Å². The number of alkyl halides is 3. The largest absolute Gasteiger partial charge is 0.433 e. The number of rotatable bonds is 4. The minimum absolute atomic E-state index is 0.0999. The van der Waals surface area contributed by atoms with Gasteiger partial charge in [0.05, 0.1) is 5.56 Å². The highest BCUT2D eigenvalue weighted by Crippen LogP contribution is 2.29. The molecular weight excluding hydrogens is 285 g/mol.